The van der Waals surface area contributed by atoms with Crippen molar-refractivity contribution in [3.8, 4) is 0 Å². The molecule has 5 nitrogen and oxygen atoms in total. The molecule has 3 rings (SSSR count). The highest BCUT2D eigenvalue weighted by atomic mass is 32.2. The van der Waals surface area contributed by atoms with Crippen LogP contribution in [0.25, 0.3) is 10.9 Å². The van der Waals surface area contributed by atoms with Crippen LogP contribution in [-0.2, 0) is 6.54 Å². The van der Waals surface area contributed by atoms with Gasteiger partial charge in [0, 0.05) is 18.0 Å². The Morgan fingerprint density at radius 1 is 1.00 bits per heavy atom. The molecular formula is C19H21N3O2S. The predicted molar refractivity (Wildman–Crippen MR) is 103 cm³/mol. The Labute approximate surface area is 150 Å². The summed E-state index contributed by atoms with van der Waals surface area (Å²) < 4.78 is 3.50. The summed E-state index contributed by atoms with van der Waals surface area (Å²) in [4.78, 5) is 28.7. The van der Waals surface area contributed by atoms with Crippen LogP contribution in [0.4, 0.5) is 0 Å². The Balaban J connectivity index is 1.87. The standard InChI is InChI=1S/C19H21N3O2S/c1-3-21(4-2)25-15-11-9-14(10-12-15)13-22-18(23)16-7-5-6-8-17(16)20-19(22)24/h5-12H,3-4,13H2,1-2H3,(H,20,24). The molecule has 1 aromatic heterocycles. The summed E-state index contributed by atoms with van der Waals surface area (Å²) in [6.07, 6.45) is 0. The van der Waals surface area contributed by atoms with E-state index in [-0.39, 0.29) is 17.8 Å². The molecule has 0 aliphatic rings. The van der Waals surface area contributed by atoms with Gasteiger partial charge >= 0.3 is 5.69 Å². The van der Waals surface area contributed by atoms with Crippen LogP contribution in [0.2, 0.25) is 0 Å². The third kappa shape index (κ3) is 3.86. The van der Waals surface area contributed by atoms with E-state index < -0.39 is 0 Å². The molecule has 0 saturated heterocycles. The van der Waals surface area contributed by atoms with Crippen molar-refractivity contribution in [2.24, 2.45) is 0 Å². The molecule has 130 valence electrons. The van der Waals surface area contributed by atoms with Gasteiger partial charge in [0.15, 0.2) is 0 Å². The molecular weight excluding hydrogens is 334 g/mol. The summed E-state index contributed by atoms with van der Waals surface area (Å²) in [7, 11) is 0. The number of hydrogen-bond donors (Lipinski definition) is 1. The molecule has 25 heavy (non-hydrogen) atoms. The van der Waals surface area contributed by atoms with E-state index in [1.165, 1.54) is 4.57 Å². The first-order valence-electron chi connectivity index (χ1n) is 8.36. The highest BCUT2D eigenvalue weighted by Crippen LogP contribution is 2.22. The van der Waals surface area contributed by atoms with Gasteiger partial charge in [0.25, 0.3) is 5.56 Å². The Morgan fingerprint density at radius 2 is 1.68 bits per heavy atom. The van der Waals surface area contributed by atoms with Crippen molar-refractivity contribution in [3.05, 3.63) is 74.9 Å². The third-order valence-electron chi connectivity index (χ3n) is 4.09. The fraction of sp³-hybridized carbons (Fsp3) is 0.263. The molecule has 0 fully saturated rings. The summed E-state index contributed by atoms with van der Waals surface area (Å²) in [5, 5.41) is 0.524. The average Bonchev–Trinajstić information content (AvgIpc) is 2.64. The normalized spacial score (nSPS) is 11.3. The zero-order valence-electron chi connectivity index (χ0n) is 14.4. The maximum absolute atomic E-state index is 12.6. The van der Waals surface area contributed by atoms with Gasteiger partial charge in [-0.1, -0.05) is 38.1 Å². The van der Waals surface area contributed by atoms with Crippen molar-refractivity contribution in [1.29, 1.82) is 0 Å². The summed E-state index contributed by atoms with van der Waals surface area (Å²) in [5.74, 6) is 0. The average molecular weight is 355 g/mol. The quantitative estimate of drug-likeness (QED) is 0.691. The minimum atomic E-state index is -0.384. The van der Waals surface area contributed by atoms with Gasteiger partial charge in [0.2, 0.25) is 0 Å². The zero-order chi connectivity index (χ0) is 17.8. The fourth-order valence-electron chi connectivity index (χ4n) is 2.68. The van der Waals surface area contributed by atoms with Gasteiger partial charge in [0.1, 0.15) is 0 Å². The molecule has 1 heterocycles. The molecule has 0 amide bonds. The molecule has 0 atom stereocenters. The molecule has 0 aliphatic carbocycles. The summed E-state index contributed by atoms with van der Waals surface area (Å²) >= 11 is 1.71. The first-order chi connectivity index (χ1) is 12.1. The number of nitrogens with one attached hydrogen (secondary N) is 1. The largest absolute Gasteiger partial charge is 0.329 e. The van der Waals surface area contributed by atoms with E-state index in [1.54, 1.807) is 36.2 Å². The molecule has 0 spiro atoms. The Morgan fingerprint density at radius 3 is 2.36 bits per heavy atom. The van der Waals surface area contributed by atoms with Crippen molar-refractivity contribution in [1.82, 2.24) is 13.9 Å². The molecule has 3 aromatic rings. The molecule has 0 aliphatic heterocycles. The van der Waals surface area contributed by atoms with E-state index in [4.69, 9.17) is 0 Å². The Bertz CT molecular complexity index is 972. The van der Waals surface area contributed by atoms with Crippen LogP contribution in [0, 0.1) is 0 Å². The van der Waals surface area contributed by atoms with Crippen LogP contribution < -0.4 is 11.2 Å². The second-order valence-corrected chi connectivity index (χ2v) is 6.89. The minimum Gasteiger partial charge on any atom is -0.307 e. The second kappa shape index (κ2) is 7.72. The number of hydrogen-bond acceptors (Lipinski definition) is 4. The van der Waals surface area contributed by atoms with E-state index in [2.05, 4.69) is 23.1 Å². The van der Waals surface area contributed by atoms with Crippen molar-refractivity contribution >= 4 is 22.9 Å². The van der Waals surface area contributed by atoms with E-state index >= 15 is 0 Å². The third-order valence-corrected chi connectivity index (χ3v) is 5.35. The Kier molecular flexibility index (Phi) is 5.40. The number of aromatic nitrogens is 2. The van der Waals surface area contributed by atoms with Crippen molar-refractivity contribution < 1.29 is 0 Å². The molecule has 0 bridgehead atoms. The predicted octanol–water partition coefficient (Wildman–Crippen LogP) is 3.09. The lowest BCUT2D eigenvalue weighted by Gasteiger charge is -2.16. The highest BCUT2D eigenvalue weighted by molar-refractivity contribution is 7.97. The van der Waals surface area contributed by atoms with Gasteiger partial charge in [-0.3, -0.25) is 9.36 Å². The van der Waals surface area contributed by atoms with Crippen molar-refractivity contribution in [2.75, 3.05) is 13.1 Å². The summed E-state index contributed by atoms with van der Waals surface area (Å²) in [6.45, 7) is 6.47. The lowest BCUT2D eigenvalue weighted by molar-refractivity contribution is 0.525. The number of aromatic amines is 1. The lowest BCUT2D eigenvalue weighted by atomic mass is 10.2. The van der Waals surface area contributed by atoms with E-state index in [0.717, 1.165) is 23.5 Å². The van der Waals surface area contributed by atoms with E-state index in [0.29, 0.717) is 10.9 Å². The lowest BCUT2D eigenvalue weighted by Crippen LogP contribution is -2.35. The number of H-pyrrole nitrogens is 1. The van der Waals surface area contributed by atoms with E-state index in [1.807, 2.05) is 24.3 Å². The van der Waals surface area contributed by atoms with Gasteiger partial charge in [-0.05, 0) is 41.8 Å². The molecule has 6 heteroatoms. The number of benzene rings is 2. The monoisotopic (exact) mass is 355 g/mol. The molecule has 0 unspecified atom stereocenters. The summed E-state index contributed by atoms with van der Waals surface area (Å²) in [5.41, 5.74) is 0.845. The fourth-order valence-corrected chi connectivity index (χ4v) is 3.50. The Hall–Kier alpha value is -2.31. The summed E-state index contributed by atoms with van der Waals surface area (Å²) in [6, 6.07) is 15.0. The van der Waals surface area contributed by atoms with Gasteiger partial charge in [0.05, 0.1) is 17.4 Å². The molecule has 1 N–H and O–H groups in total. The minimum absolute atomic E-state index is 0.259. The topological polar surface area (TPSA) is 58.1 Å². The molecule has 0 radical (unpaired) electrons. The van der Waals surface area contributed by atoms with Crippen LogP contribution in [0.15, 0.2) is 63.0 Å². The van der Waals surface area contributed by atoms with Crippen molar-refractivity contribution in [3.63, 3.8) is 0 Å². The van der Waals surface area contributed by atoms with Gasteiger partial charge in [-0.25, -0.2) is 9.10 Å². The molecule has 0 saturated carbocycles. The number of rotatable bonds is 6. The first kappa shape index (κ1) is 17.5. The molecule has 2 aromatic carbocycles. The van der Waals surface area contributed by atoms with Crippen LogP contribution in [0.3, 0.4) is 0 Å². The smallest absolute Gasteiger partial charge is 0.307 e. The maximum atomic E-state index is 12.6. The number of nitrogens with zero attached hydrogens (tertiary/aromatic N) is 2. The zero-order valence-corrected chi connectivity index (χ0v) is 15.2. The van der Waals surface area contributed by atoms with Crippen molar-refractivity contribution in [2.45, 2.75) is 25.3 Å². The number of para-hydroxylation sites is 1. The van der Waals surface area contributed by atoms with E-state index in [9.17, 15) is 9.59 Å². The van der Waals surface area contributed by atoms with Crippen LogP contribution in [-0.4, -0.2) is 26.9 Å². The first-order valence-corrected chi connectivity index (χ1v) is 9.13. The van der Waals surface area contributed by atoms with Gasteiger partial charge in [-0.15, -0.1) is 0 Å². The number of fused-ring (bicyclic) bond motifs is 1. The van der Waals surface area contributed by atoms with Crippen LogP contribution in [0.1, 0.15) is 19.4 Å². The SMILES string of the molecule is CCN(CC)Sc1ccc(Cn2c(=O)[nH]c3ccccc3c2=O)cc1. The van der Waals surface area contributed by atoms with Gasteiger partial charge in [-0.2, -0.15) is 0 Å². The van der Waals surface area contributed by atoms with Gasteiger partial charge < -0.3 is 4.98 Å². The maximum Gasteiger partial charge on any atom is 0.329 e. The van der Waals surface area contributed by atoms with Crippen LogP contribution in [0.5, 0.6) is 0 Å². The highest BCUT2D eigenvalue weighted by Gasteiger charge is 2.08. The second-order valence-electron chi connectivity index (χ2n) is 5.72. The van der Waals surface area contributed by atoms with Crippen LogP contribution >= 0.6 is 11.9 Å².